The lowest BCUT2D eigenvalue weighted by atomic mass is 9.75. The molecular formula is C18H25NO3. The van der Waals surface area contributed by atoms with Crippen molar-refractivity contribution in [2.75, 3.05) is 0 Å². The molecule has 2 aliphatic heterocycles. The first-order valence-electron chi connectivity index (χ1n) is 9.12. The molecule has 6 unspecified atom stereocenters. The van der Waals surface area contributed by atoms with Crippen molar-refractivity contribution in [3.63, 3.8) is 0 Å². The number of ether oxygens (including phenoxy) is 1. The zero-order chi connectivity index (χ0) is 15.2. The Balaban J connectivity index is 1.63. The molecule has 0 spiro atoms. The number of amides is 1. The van der Waals surface area contributed by atoms with Gasteiger partial charge in [0.2, 0.25) is 5.91 Å². The number of hydrogen-bond acceptors (Lipinski definition) is 3. The first-order valence-corrected chi connectivity index (χ1v) is 9.12. The minimum Gasteiger partial charge on any atom is -0.344 e. The molecule has 2 heterocycles. The number of hydrogen-bond donors (Lipinski definition) is 0. The normalized spacial score (nSPS) is 50.0. The summed E-state index contributed by atoms with van der Waals surface area (Å²) in [7, 11) is 0. The molecule has 2 saturated heterocycles. The summed E-state index contributed by atoms with van der Waals surface area (Å²) < 4.78 is 6.48. The molecule has 2 bridgehead atoms. The number of Topliss-reactive ketones (excluding diaryl/α,β-unsaturated/α-hetero) is 1. The molecule has 0 radical (unpaired) electrons. The van der Waals surface area contributed by atoms with E-state index in [4.69, 9.17) is 4.74 Å². The largest absolute Gasteiger partial charge is 0.344 e. The Labute approximate surface area is 131 Å². The van der Waals surface area contributed by atoms with E-state index in [1.54, 1.807) is 0 Å². The summed E-state index contributed by atoms with van der Waals surface area (Å²) in [6, 6.07) is 0.336. The molecule has 5 rings (SSSR count). The number of fused-ring (bicyclic) bond motifs is 2. The van der Waals surface area contributed by atoms with Crippen molar-refractivity contribution in [3.05, 3.63) is 0 Å². The maximum absolute atomic E-state index is 13.3. The summed E-state index contributed by atoms with van der Waals surface area (Å²) in [6.45, 7) is 4.35. The zero-order valence-electron chi connectivity index (χ0n) is 13.5. The van der Waals surface area contributed by atoms with Crippen LogP contribution in [0.5, 0.6) is 0 Å². The van der Waals surface area contributed by atoms with Crippen LogP contribution in [0, 0.1) is 29.6 Å². The van der Waals surface area contributed by atoms with Crippen molar-refractivity contribution in [3.8, 4) is 0 Å². The van der Waals surface area contributed by atoms with Crippen LogP contribution in [-0.2, 0) is 14.3 Å². The Hall–Kier alpha value is -0.900. The summed E-state index contributed by atoms with van der Waals surface area (Å²) in [5, 5.41) is 0. The Bertz CT molecular complexity index is 553. The maximum atomic E-state index is 13.3. The van der Waals surface area contributed by atoms with Crippen LogP contribution in [0.3, 0.4) is 0 Å². The van der Waals surface area contributed by atoms with Gasteiger partial charge in [-0.05, 0) is 19.3 Å². The van der Waals surface area contributed by atoms with Gasteiger partial charge < -0.3 is 9.64 Å². The molecular weight excluding hydrogens is 278 g/mol. The van der Waals surface area contributed by atoms with E-state index < -0.39 is 5.72 Å². The highest BCUT2D eigenvalue weighted by atomic mass is 16.5. The second-order valence-corrected chi connectivity index (χ2v) is 8.41. The van der Waals surface area contributed by atoms with E-state index in [2.05, 4.69) is 18.7 Å². The SMILES string of the molecule is CC(C)C12OC3C(=O)C4CC3C1C4C(=O)N2C1CCCCC1. The average Bonchev–Trinajstić information content (AvgIpc) is 3.16. The molecule has 3 aliphatic carbocycles. The monoisotopic (exact) mass is 303 g/mol. The van der Waals surface area contributed by atoms with Gasteiger partial charge in [0.1, 0.15) is 6.10 Å². The molecule has 0 aromatic rings. The van der Waals surface area contributed by atoms with Crippen LogP contribution in [-0.4, -0.2) is 34.5 Å². The fourth-order valence-corrected chi connectivity index (χ4v) is 6.60. The lowest BCUT2D eigenvalue weighted by Crippen LogP contribution is -2.58. The van der Waals surface area contributed by atoms with Crippen molar-refractivity contribution in [1.82, 2.24) is 4.90 Å². The zero-order valence-corrected chi connectivity index (χ0v) is 13.5. The first-order chi connectivity index (χ1) is 10.6. The van der Waals surface area contributed by atoms with E-state index >= 15 is 0 Å². The van der Waals surface area contributed by atoms with Crippen LogP contribution in [0.2, 0.25) is 0 Å². The van der Waals surface area contributed by atoms with E-state index in [0.717, 1.165) is 19.3 Å². The van der Waals surface area contributed by atoms with E-state index in [-0.39, 0.29) is 41.5 Å². The molecule has 0 aromatic heterocycles. The highest BCUT2D eigenvalue weighted by molar-refractivity contribution is 5.98. The summed E-state index contributed by atoms with van der Waals surface area (Å²) in [6.07, 6.45) is 6.62. The molecule has 0 N–H and O–H groups in total. The fourth-order valence-electron chi connectivity index (χ4n) is 6.60. The number of rotatable bonds is 2. The second kappa shape index (κ2) is 4.14. The van der Waals surface area contributed by atoms with Gasteiger partial charge in [0.25, 0.3) is 0 Å². The molecule has 120 valence electrons. The maximum Gasteiger partial charge on any atom is 0.229 e. The van der Waals surface area contributed by atoms with Gasteiger partial charge in [0, 0.05) is 29.7 Å². The van der Waals surface area contributed by atoms with Crippen LogP contribution in [0.1, 0.15) is 52.4 Å². The van der Waals surface area contributed by atoms with Gasteiger partial charge in [-0.1, -0.05) is 33.1 Å². The molecule has 5 fully saturated rings. The first kappa shape index (κ1) is 13.5. The van der Waals surface area contributed by atoms with Crippen molar-refractivity contribution in [2.24, 2.45) is 29.6 Å². The van der Waals surface area contributed by atoms with Crippen LogP contribution < -0.4 is 0 Å². The number of carbonyl (C=O) groups excluding carboxylic acids is 2. The molecule has 1 amide bonds. The minimum absolute atomic E-state index is 0.0401. The van der Waals surface area contributed by atoms with Crippen LogP contribution in [0.25, 0.3) is 0 Å². The fraction of sp³-hybridized carbons (Fsp3) is 0.889. The van der Waals surface area contributed by atoms with Gasteiger partial charge in [0.05, 0.1) is 5.92 Å². The average molecular weight is 303 g/mol. The van der Waals surface area contributed by atoms with Crippen LogP contribution in [0.4, 0.5) is 0 Å². The molecule has 6 atom stereocenters. The van der Waals surface area contributed by atoms with E-state index in [0.29, 0.717) is 12.0 Å². The van der Waals surface area contributed by atoms with Gasteiger partial charge in [-0.3, -0.25) is 9.59 Å². The minimum atomic E-state index is -0.486. The second-order valence-electron chi connectivity index (χ2n) is 8.41. The lowest BCUT2D eigenvalue weighted by molar-refractivity contribution is -0.193. The quantitative estimate of drug-likeness (QED) is 0.787. The Morgan fingerprint density at radius 2 is 1.91 bits per heavy atom. The molecule has 3 saturated carbocycles. The summed E-state index contributed by atoms with van der Waals surface area (Å²) in [4.78, 5) is 27.9. The topological polar surface area (TPSA) is 46.6 Å². The highest BCUT2D eigenvalue weighted by Gasteiger charge is 2.79. The molecule has 4 heteroatoms. The van der Waals surface area contributed by atoms with Gasteiger partial charge in [-0.2, -0.15) is 0 Å². The molecule has 4 nitrogen and oxygen atoms in total. The van der Waals surface area contributed by atoms with Gasteiger partial charge >= 0.3 is 0 Å². The number of likely N-dealkylation sites (tertiary alicyclic amines) is 1. The number of nitrogens with zero attached hydrogens (tertiary/aromatic N) is 1. The van der Waals surface area contributed by atoms with Gasteiger partial charge in [-0.15, -0.1) is 0 Å². The van der Waals surface area contributed by atoms with Crippen molar-refractivity contribution in [1.29, 1.82) is 0 Å². The third-order valence-electron chi connectivity index (χ3n) is 7.30. The van der Waals surface area contributed by atoms with Crippen LogP contribution in [0.15, 0.2) is 0 Å². The smallest absolute Gasteiger partial charge is 0.229 e. The van der Waals surface area contributed by atoms with Crippen LogP contribution >= 0.6 is 0 Å². The molecule has 0 aromatic carbocycles. The predicted octanol–water partition coefficient (Wildman–Crippen LogP) is 2.36. The van der Waals surface area contributed by atoms with Gasteiger partial charge in [0.15, 0.2) is 11.5 Å². The van der Waals surface area contributed by atoms with Crippen molar-refractivity contribution in [2.45, 2.75) is 70.2 Å². The van der Waals surface area contributed by atoms with E-state index in [1.807, 2.05) is 0 Å². The molecule has 5 aliphatic rings. The predicted molar refractivity (Wildman–Crippen MR) is 79.7 cm³/mol. The Morgan fingerprint density at radius 3 is 2.59 bits per heavy atom. The lowest BCUT2D eigenvalue weighted by Gasteiger charge is -2.46. The van der Waals surface area contributed by atoms with E-state index in [9.17, 15) is 9.59 Å². The third kappa shape index (κ3) is 1.27. The number of ketones is 1. The third-order valence-corrected chi connectivity index (χ3v) is 7.30. The summed E-state index contributed by atoms with van der Waals surface area (Å²) in [5.74, 6) is 1.19. The highest BCUT2D eigenvalue weighted by Crippen LogP contribution is 2.68. The summed E-state index contributed by atoms with van der Waals surface area (Å²) >= 11 is 0. The number of carbonyl (C=O) groups is 2. The van der Waals surface area contributed by atoms with Crippen molar-refractivity contribution < 1.29 is 14.3 Å². The Morgan fingerprint density at radius 1 is 1.18 bits per heavy atom. The van der Waals surface area contributed by atoms with Crippen molar-refractivity contribution >= 4 is 11.7 Å². The standard InChI is InChI=1S/C18H25NO3/c1-9(2)18-14-12-8-11(15(20)16(12)22-18)13(14)17(21)19(18)10-6-4-3-5-7-10/h9-14,16H,3-8H2,1-2H3. The van der Waals surface area contributed by atoms with E-state index in [1.165, 1.54) is 19.3 Å². The molecule has 22 heavy (non-hydrogen) atoms. The van der Waals surface area contributed by atoms with Gasteiger partial charge in [-0.25, -0.2) is 0 Å². The summed E-state index contributed by atoms with van der Waals surface area (Å²) in [5.41, 5.74) is -0.486. The Kier molecular flexibility index (Phi) is 2.54.